The molecular formula is C21H29N3O2. The van der Waals surface area contributed by atoms with Crippen molar-refractivity contribution >= 4 is 16.8 Å². The first kappa shape index (κ1) is 17.4. The number of benzene rings is 1. The number of methoxy groups -OCH3 is 1. The van der Waals surface area contributed by atoms with Gasteiger partial charge in [-0.25, -0.2) is 0 Å². The Morgan fingerprint density at radius 2 is 2.04 bits per heavy atom. The first-order valence-electron chi connectivity index (χ1n) is 9.71. The van der Waals surface area contributed by atoms with Crippen molar-refractivity contribution < 1.29 is 9.53 Å². The minimum Gasteiger partial charge on any atom is -0.497 e. The number of aromatic amines is 1. The normalized spacial score (nSPS) is 23.9. The summed E-state index contributed by atoms with van der Waals surface area (Å²) in [6.07, 6.45) is 2.17. The predicted molar refractivity (Wildman–Crippen MR) is 103 cm³/mol. The number of likely N-dealkylation sites (tertiary alicyclic amines) is 1. The maximum atomic E-state index is 12.9. The zero-order valence-corrected chi connectivity index (χ0v) is 16.0. The molecule has 0 spiro atoms. The van der Waals surface area contributed by atoms with E-state index in [0.717, 1.165) is 37.3 Å². The van der Waals surface area contributed by atoms with E-state index in [9.17, 15) is 4.79 Å². The second-order valence-electron chi connectivity index (χ2n) is 8.20. The lowest BCUT2D eigenvalue weighted by Crippen LogP contribution is -2.46. The molecule has 26 heavy (non-hydrogen) atoms. The number of aromatic nitrogens is 1. The molecule has 140 valence electrons. The molecule has 0 saturated carbocycles. The summed E-state index contributed by atoms with van der Waals surface area (Å²) in [6.45, 7) is 8.71. The van der Waals surface area contributed by atoms with Crippen molar-refractivity contribution in [3.8, 4) is 5.75 Å². The van der Waals surface area contributed by atoms with Gasteiger partial charge in [0.25, 0.3) is 0 Å². The Morgan fingerprint density at radius 3 is 2.77 bits per heavy atom. The number of ether oxygens (including phenoxy) is 1. The van der Waals surface area contributed by atoms with Crippen LogP contribution in [0.2, 0.25) is 0 Å². The number of nitrogens with one attached hydrogen (secondary N) is 1. The third-order valence-electron chi connectivity index (χ3n) is 5.84. The summed E-state index contributed by atoms with van der Waals surface area (Å²) in [4.78, 5) is 20.8. The van der Waals surface area contributed by atoms with Crippen LogP contribution >= 0.6 is 0 Å². The molecule has 5 nitrogen and oxygen atoms in total. The second kappa shape index (κ2) is 6.95. The van der Waals surface area contributed by atoms with Crippen LogP contribution in [-0.4, -0.2) is 54.0 Å². The van der Waals surface area contributed by atoms with E-state index in [1.807, 2.05) is 11.0 Å². The van der Waals surface area contributed by atoms with Gasteiger partial charge in [0, 0.05) is 54.8 Å². The molecule has 0 aliphatic carbocycles. The van der Waals surface area contributed by atoms with Gasteiger partial charge in [0.05, 0.1) is 13.7 Å². The molecule has 0 radical (unpaired) electrons. The van der Waals surface area contributed by atoms with Crippen molar-refractivity contribution in [1.29, 1.82) is 0 Å². The third kappa shape index (κ3) is 3.32. The van der Waals surface area contributed by atoms with Crippen LogP contribution in [0.5, 0.6) is 5.75 Å². The largest absolute Gasteiger partial charge is 0.497 e. The highest BCUT2D eigenvalue weighted by molar-refractivity contribution is 5.87. The highest BCUT2D eigenvalue weighted by Gasteiger charge is 2.28. The number of fused-ring (bicyclic) bond motifs is 3. The predicted octanol–water partition coefficient (Wildman–Crippen LogP) is 3.04. The molecule has 1 aromatic carbocycles. The molecule has 1 amide bonds. The van der Waals surface area contributed by atoms with Crippen molar-refractivity contribution in [1.82, 2.24) is 14.8 Å². The van der Waals surface area contributed by atoms with Gasteiger partial charge in [0.2, 0.25) is 5.91 Å². The van der Waals surface area contributed by atoms with E-state index in [2.05, 4.69) is 35.9 Å². The minimum absolute atomic E-state index is 0.259. The van der Waals surface area contributed by atoms with Gasteiger partial charge in [-0.15, -0.1) is 0 Å². The molecule has 1 fully saturated rings. The Balaban J connectivity index is 1.49. The lowest BCUT2D eigenvalue weighted by atomic mass is 9.92. The Labute approximate surface area is 155 Å². The quantitative estimate of drug-likeness (QED) is 0.921. The fourth-order valence-electron chi connectivity index (χ4n) is 4.75. The molecule has 1 aromatic heterocycles. The van der Waals surface area contributed by atoms with E-state index in [1.54, 1.807) is 7.11 Å². The van der Waals surface area contributed by atoms with Crippen molar-refractivity contribution in [3.63, 3.8) is 0 Å². The summed E-state index contributed by atoms with van der Waals surface area (Å²) in [5.74, 6) is 2.48. The number of amides is 1. The van der Waals surface area contributed by atoms with Crippen molar-refractivity contribution in [3.05, 3.63) is 29.5 Å². The van der Waals surface area contributed by atoms with Gasteiger partial charge in [0.1, 0.15) is 5.75 Å². The molecule has 2 aliphatic heterocycles. The number of carbonyl (C=O) groups excluding carboxylic acids is 1. The van der Waals surface area contributed by atoms with Gasteiger partial charge in [-0.05, 0) is 36.5 Å². The number of H-pyrrole nitrogens is 1. The van der Waals surface area contributed by atoms with Crippen LogP contribution in [0.1, 0.15) is 31.5 Å². The summed E-state index contributed by atoms with van der Waals surface area (Å²) in [6, 6.07) is 6.12. The third-order valence-corrected chi connectivity index (χ3v) is 5.84. The van der Waals surface area contributed by atoms with Crippen LogP contribution in [0.15, 0.2) is 18.2 Å². The second-order valence-corrected chi connectivity index (χ2v) is 8.20. The monoisotopic (exact) mass is 355 g/mol. The molecule has 3 heterocycles. The summed E-state index contributed by atoms with van der Waals surface area (Å²) >= 11 is 0. The molecule has 5 heteroatoms. The Morgan fingerprint density at radius 1 is 1.27 bits per heavy atom. The van der Waals surface area contributed by atoms with E-state index in [4.69, 9.17) is 4.74 Å². The molecular weight excluding hydrogens is 326 g/mol. The zero-order chi connectivity index (χ0) is 18.3. The van der Waals surface area contributed by atoms with Crippen LogP contribution in [0.3, 0.4) is 0 Å². The molecule has 1 N–H and O–H groups in total. The number of rotatable bonds is 3. The van der Waals surface area contributed by atoms with Gasteiger partial charge in [-0.3, -0.25) is 9.69 Å². The zero-order valence-electron chi connectivity index (χ0n) is 16.0. The van der Waals surface area contributed by atoms with E-state index in [-0.39, 0.29) is 5.91 Å². The number of carbonyl (C=O) groups is 1. The van der Waals surface area contributed by atoms with Crippen LogP contribution in [0.4, 0.5) is 0 Å². The van der Waals surface area contributed by atoms with Crippen molar-refractivity contribution in [2.24, 2.45) is 11.8 Å². The minimum atomic E-state index is 0.259. The van der Waals surface area contributed by atoms with Crippen LogP contribution in [-0.2, 0) is 17.8 Å². The van der Waals surface area contributed by atoms with Gasteiger partial charge < -0.3 is 14.6 Å². The average Bonchev–Trinajstić information content (AvgIpc) is 2.97. The van der Waals surface area contributed by atoms with Gasteiger partial charge in [0.15, 0.2) is 0 Å². The van der Waals surface area contributed by atoms with Crippen molar-refractivity contribution in [2.45, 2.75) is 33.2 Å². The molecule has 0 bridgehead atoms. The summed E-state index contributed by atoms with van der Waals surface area (Å²) in [5.41, 5.74) is 3.64. The smallest absolute Gasteiger partial charge is 0.237 e. The lowest BCUT2D eigenvalue weighted by Gasteiger charge is -2.36. The molecule has 4 rings (SSSR count). The Bertz CT molecular complexity index is 803. The fraction of sp³-hybridized carbons (Fsp3) is 0.571. The molecule has 1 saturated heterocycles. The van der Waals surface area contributed by atoms with Gasteiger partial charge >= 0.3 is 0 Å². The number of hydrogen-bond donors (Lipinski definition) is 1. The standard InChI is InChI=1S/C21H29N3O2/c1-14-8-15(2)11-23(10-14)13-21(25)24-7-6-20-18(12-24)17-9-16(26-3)4-5-19(17)22-20/h4-5,9,14-15,22H,6-8,10-13H2,1-3H3/t14-,15+. The summed E-state index contributed by atoms with van der Waals surface area (Å²) < 4.78 is 5.38. The van der Waals surface area contributed by atoms with E-state index in [1.165, 1.54) is 23.1 Å². The number of hydrogen-bond acceptors (Lipinski definition) is 3. The maximum absolute atomic E-state index is 12.9. The average molecular weight is 355 g/mol. The molecule has 2 aliphatic rings. The van der Waals surface area contributed by atoms with Gasteiger partial charge in [-0.2, -0.15) is 0 Å². The summed E-state index contributed by atoms with van der Waals surface area (Å²) in [7, 11) is 1.69. The summed E-state index contributed by atoms with van der Waals surface area (Å²) in [5, 5.41) is 1.18. The SMILES string of the molecule is COc1ccc2[nH]c3c(c2c1)CN(C(=O)CN1C[C@H](C)C[C@H](C)C1)CC3. The topological polar surface area (TPSA) is 48.6 Å². The van der Waals surface area contributed by atoms with Crippen LogP contribution in [0, 0.1) is 11.8 Å². The van der Waals surface area contributed by atoms with E-state index >= 15 is 0 Å². The Kier molecular flexibility index (Phi) is 4.65. The van der Waals surface area contributed by atoms with Crippen LogP contribution < -0.4 is 4.74 Å². The van der Waals surface area contributed by atoms with Gasteiger partial charge in [-0.1, -0.05) is 13.8 Å². The highest BCUT2D eigenvalue weighted by Crippen LogP contribution is 2.30. The molecule has 2 aromatic rings. The van der Waals surface area contributed by atoms with Crippen LogP contribution in [0.25, 0.3) is 10.9 Å². The first-order valence-corrected chi connectivity index (χ1v) is 9.71. The maximum Gasteiger partial charge on any atom is 0.237 e. The van der Waals surface area contributed by atoms with Crippen molar-refractivity contribution in [2.75, 3.05) is 33.3 Å². The number of piperidine rings is 1. The molecule has 0 unspecified atom stereocenters. The first-order chi connectivity index (χ1) is 12.5. The molecule has 2 atom stereocenters. The number of nitrogens with zero attached hydrogens (tertiary/aromatic N) is 2. The Hall–Kier alpha value is -2.01. The highest BCUT2D eigenvalue weighted by atomic mass is 16.5. The van der Waals surface area contributed by atoms with E-state index < -0.39 is 0 Å². The van der Waals surface area contributed by atoms with E-state index in [0.29, 0.717) is 24.9 Å². The fourth-order valence-corrected chi connectivity index (χ4v) is 4.75. The lowest BCUT2D eigenvalue weighted by molar-refractivity contribution is -0.134.